The molecule has 0 amide bonds. The van der Waals surface area contributed by atoms with Crippen LogP contribution in [-0.2, 0) is 26.0 Å². The topological polar surface area (TPSA) is 114 Å². The van der Waals surface area contributed by atoms with Gasteiger partial charge in [-0.15, -0.1) is 0 Å². The molecule has 0 fully saturated rings. The van der Waals surface area contributed by atoms with Crippen molar-refractivity contribution in [1.82, 2.24) is 19.7 Å². The maximum absolute atomic E-state index is 13.9. The van der Waals surface area contributed by atoms with E-state index < -0.39 is 5.76 Å². The van der Waals surface area contributed by atoms with E-state index in [9.17, 15) is 14.7 Å². The second-order valence-electron chi connectivity index (χ2n) is 9.46. The minimum Gasteiger partial charge on any atom is -0.388 e. The molecule has 0 aliphatic carbocycles. The van der Waals surface area contributed by atoms with Crippen molar-refractivity contribution in [2.45, 2.75) is 45.8 Å². The lowest BCUT2D eigenvalue weighted by molar-refractivity contribution is 0.262. The number of hydrogen-bond acceptors (Lipinski definition) is 6. The lowest BCUT2D eigenvalue weighted by Crippen LogP contribution is -2.31. The van der Waals surface area contributed by atoms with Crippen LogP contribution >= 0.6 is 0 Å². The summed E-state index contributed by atoms with van der Waals surface area (Å²) < 4.78 is 6.36. The third-order valence-electron chi connectivity index (χ3n) is 6.76. The van der Waals surface area contributed by atoms with Gasteiger partial charge in [0.25, 0.3) is 5.56 Å². The first-order chi connectivity index (χ1) is 19.1. The highest BCUT2D eigenvalue weighted by Crippen LogP contribution is 2.31. The summed E-state index contributed by atoms with van der Waals surface area (Å²) in [6.07, 6.45) is 2.82. The molecule has 198 valence electrons. The van der Waals surface area contributed by atoms with Gasteiger partial charge in [-0.3, -0.25) is 18.9 Å². The van der Waals surface area contributed by atoms with Crippen LogP contribution in [0.25, 0.3) is 22.5 Å². The highest BCUT2D eigenvalue weighted by Gasteiger charge is 2.19. The average molecular weight is 523 g/mol. The summed E-state index contributed by atoms with van der Waals surface area (Å²) in [5.41, 5.74) is 5.51. The summed E-state index contributed by atoms with van der Waals surface area (Å²) in [6.45, 7) is 2.09. The quantitative estimate of drug-likeness (QED) is 0.274. The van der Waals surface area contributed by atoms with E-state index >= 15 is 0 Å². The van der Waals surface area contributed by atoms with Crippen LogP contribution in [0.4, 0.5) is 0 Å². The second-order valence-corrected chi connectivity index (χ2v) is 9.46. The maximum atomic E-state index is 13.9. The minimum absolute atomic E-state index is 0.160. The molecule has 2 heterocycles. The average Bonchev–Trinajstić information content (AvgIpc) is 3.41. The summed E-state index contributed by atoms with van der Waals surface area (Å²) in [5, 5.41) is 14.0. The van der Waals surface area contributed by atoms with Crippen LogP contribution in [-0.4, -0.2) is 24.8 Å². The van der Waals surface area contributed by atoms with Crippen LogP contribution in [0.15, 0.2) is 93.0 Å². The largest absolute Gasteiger partial charge is 0.439 e. The van der Waals surface area contributed by atoms with Crippen LogP contribution in [0.1, 0.15) is 48.0 Å². The molecule has 0 saturated carbocycles. The molecule has 0 spiro atoms. The Labute approximate surface area is 225 Å². The molecule has 0 aliphatic heterocycles. The van der Waals surface area contributed by atoms with Crippen LogP contribution in [0.3, 0.4) is 0 Å². The van der Waals surface area contributed by atoms with E-state index in [1.54, 1.807) is 4.57 Å². The van der Waals surface area contributed by atoms with Gasteiger partial charge in [-0.05, 0) is 41.2 Å². The Morgan fingerprint density at radius 1 is 0.923 bits per heavy atom. The molecule has 5 aromatic rings. The van der Waals surface area contributed by atoms with E-state index in [0.29, 0.717) is 47.9 Å². The highest BCUT2D eigenvalue weighted by atomic mass is 16.5. The van der Waals surface area contributed by atoms with Gasteiger partial charge in [-0.2, -0.15) is 0 Å². The fraction of sp³-hybridized carbons (Fsp3) is 0.226. The molecule has 39 heavy (non-hydrogen) atoms. The first-order valence-electron chi connectivity index (χ1n) is 13.1. The van der Waals surface area contributed by atoms with Crippen molar-refractivity contribution in [2.75, 3.05) is 0 Å². The fourth-order valence-electron chi connectivity index (χ4n) is 4.78. The number of aromatic amines is 1. The fourth-order valence-corrected chi connectivity index (χ4v) is 4.78. The van der Waals surface area contributed by atoms with Gasteiger partial charge in [0.15, 0.2) is 5.82 Å². The predicted octanol–water partition coefficient (Wildman–Crippen LogP) is 4.73. The van der Waals surface area contributed by atoms with Crippen LogP contribution in [0.5, 0.6) is 0 Å². The van der Waals surface area contributed by atoms with Crippen molar-refractivity contribution in [3.8, 4) is 22.5 Å². The summed E-state index contributed by atoms with van der Waals surface area (Å²) in [7, 11) is 0. The molecule has 8 heteroatoms. The Morgan fingerprint density at radius 3 is 2.33 bits per heavy atom. The van der Waals surface area contributed by atoms with Gasteiger partial charge in [-0.1, -0.05) is 91.3 Å². The number of hydrogen-bond donors (Lipinski definition) is 2. The van der Waals surface area contributed by atoms with Gasteiger partial charge in [0.05, 0.1) is 12.2 Å². The number of benzene rings is 3. The van der Waals surface area contributed by atoms with Crippen LogP contribution in [0, 0.1) is 0 Å². The van der Waals surface area contributed by atoms with E-state index in [1.807, 2.05) is 78.9 Å². The second kappa shape index (κ2) is 11.9. The first-order valence-corrected chi connectivity index (χ1v) is 13.1. The number of aryl methyl sites for hydroxylation is 1. The third kappa shape index (κ3) is 5.81. The standard InChI is InChI=1S/C31H30N4O4/c1-2-3-14-27-26(30(37)35(28(20-36)32-27)19-21-10-6-4-7-11-21)18-22-15-16-24(23-12-8-5-9-13-23)25(17-22)29-33-31(38)39-34-29/h4-13,15-17,36H,2-3,14,18-20H2,1H3,(H,33,34,38). The van der Waals surface area contributed by atoms with Crippen molar-refractivity contribution >= 4 is 0 Å². The lowest BCUT2D eigenvalue weighted by Gasteiger charge is -2.17. The Bertz CT molecular complexity index is 1670. The predicted molar refractivity (Wildman–Crippen MR) is 149 cm³/mol. The molecule has 2 N–H and O–H groups in total. The first kappa shape index (κ1) is 26.1. The van der Waals surface area contributed by atoms with E-state index in [2.05, 4.69) is 17.1 Å². The number of aromatic nitrogens is 4. The van der Waals surface area contributed by atoms with Gasteiger partial charge < -0.3 is 5.11 Å². The zero-order chi connectivity index (χ0) is 27.2. The zero-order valence-corrected chi connectivity index (χ0v) is 21.8. The third-order valence-corrected chi connectivity index (χ3v) is 6.76. The van der Waals surface area contributed by atoms with Crippen molar-refractivity contribution in [3.63, 3.8) is 0 Å². The molecule has 0 atom stereocenters. The zero-order valence-electron chi connectivity index (χ0n) is 21.8. The molecule has 5 rings (SSSR count). The lowest BCUT2D eigenvalue weighted by atomic mass is 9.94. The number of rotatable bonds is 10. The van der Waals surface area contributed by atoms with Gasteiger partial charge in [0.1, 0.15) is 12.4 Å². The van der Waals surface area contributed by atoms with Gasteiger partial charge in [0, 0.05) is 17.5 Å². The Morgan fingerprint density at radius 2 is 1.67 bits per heavy atom. The van der Waals surface area contributed by atoms with E-state index in [1.165, 1.54) is 0 Å². The number of H-pyrrole nitrogens is 1. The van der Waals surface area contributed by atoms with E-state index in [0.717, 1.165) is 35.1 Å². The Hall–Kier alpha value is -4.56. The maximum Gasteiger partial charge on any atom is 0.439 e. The van der Waals surface area contributed by atoms with Crippen molar-refractivity contribution < 1.29 is 9.63 Å². The summed E-state index contributed by atoms with van der Waals surface area (Å²) in [4.78, 5) is 33.1. The summed E-state index contributed by atoms with van der Waals surface area (Å²) in [6, 6.07) is 25.4. The number of nitrogens with zero attached hydrogens (tertiary/aromatic N) is 3. The molecule has 0 aliphatic rings. The molecule has 2 aromatic heterocycles. The number of aliphatic hydroxyl groups is 1. The molecule has 3 aromatic carbocycles. The number of unbranched alkanes of at least 4 members (excludes halogenated alkanes) is 1. The van der Waals surface area contributed by atoms with Gasteiger partial charge in [-0.25, -0.2) is 9.78 Å². The monoisotopic (exact) mass is 522 g/mol. The molecule has 0 saturated heterocycles. The van der Waals surface area contributed by atoms with Gasteiger partial charge >= 0.3 is 5.76 Å². The van der Waals surface area contributed by atoms with E-state index in [4.69, 9.17) is 9.51 Å². The Balaban J connectivity index is 1.61. The molecular formula is C31H30N4O4. The summed E-state index contributed by atoms with van der Waals surface area (Å²) in [5.74, 6) is 0.0463. The number of nitrogens with one attached hydrogen (secondary N) is 1. The molecule has 0 bridgehead atoms. The Kier molecular flexibility index (Phi) is 7.94. The SMILES string of the molecule is CCCCc1nc(CO)n(Cc2ccccc2)c(=O)c1Cc1ccc(-c2ccccc2)c(-c2noc(=O)[nH]2)c1. The van der Waals surface area contributed by atoms with Crippen molar-refractivity contribution in [2.24, 2.45) is 0 Å². The van der Waals surface area contributed by atoms with Crippen LogP contribution in [0.2, 0.25) is 0 Å². The highest BCUT2D eigenvalue weighted by molar-refractivity contribution is 5.81. The molecule has 0 unspecified atom stereocenters. The molecular weight excluding hydrogens is 492 g/mol. The van der Waals surface area contributed by atoms with E-state index in [-0.39, 0.29) is 12.2 Å². The molecule has 8 nitrogen and oxygen atoms in total. The van der Waals surface area contributed by atoms with Crippen LogP contribution < -0.4 is 11.3 Å². The minimum atomic E-state index is -0.635. The van der Waals surface area contributed by atoms with Crippen molar-refractivity contribution in [1.29, 1.82) is 0 Å². The molecule has 0 radical (unpaired) electrons. The normalized spacial score (nSPS) is 11.1. The van der Waals surface area contributed by atoms with Gasteiger partial charge in [0.2, 0.25) is 0 Å². The number of aliphatic hydroxyl groups excluding tert-OH is 1. The van der Waals surface area contributed by atoms with Crippen molar-refractivity contribution in [3.05, 3.63) is 128 Å². The summed E-state index contributed by atoms with van der Waals surface area (Å²) >= 11 is 0. The smallest absolute Gasteiger partial charge is 0.388 e.